The summed E-state index contributed by atoms with van der Waals surface area (Å²) in [5, 5.41) is 3.81. The van der Waals surface area contributed by atoms with Crippen molar-refractivity contribution in [3.63, 3.8) is 0 Å². The Kier molecular flexibility index (Phi) is 3.74. The minimum Gasteiger partial charge on any atom is -0.355 e. The summed E-state index contributed by atoms with van der Waals surface area (Å²) in [5.41, 5.74) is 4.05. The summed E-state index contributed by atoms with van der Waals surface area (Å²) in [5.74, 6) is 5.34. The zero-order valence-electron chi connectivity index (χ0n) is 10.1. The van der Waals surface area contributed by atoms with Crippen molar-refractivity contribution < 1.29 is 9.32 Å². The molecular weight excluding hydrogens is 230 g/mol. The molecule has 0 aliphatic carbocycles. The maximum atomic E-state index is 11.6. The Labute approximate surface area is 105 Å². The molecule has 0 atom stereocenters. The molecule has 1 amide bonds. The van der Waals surface area contributed by atoms with Gasteiger partial charge < -0.3 is 4.52 Å². The number of hydrogen-bond donors (Lipinski definition) is 2. The highest BCUT2D eigenvalue weighted by atomic mass is 16.5. The summed E-state index contributed by atoms with van der Waals surface area (Å²) in [6.45, 7) is 2.03. The summed E-state index contributed by atoms with van der Waals surface area (Å²) < 4.78 is 5.29. The van der Waals surface area contributed by atoms with Crippen molar-refractivity contribution in [3.05, 3.63) is 41.6 Å². The summed E-state index contributed by atoms with van der Waals surface area (Å²) in [4.78, 5) is 11.6. The van der Waals surface area contributed by atoms with Crippen molar-refractivity contribution >= 4 is 5.91 Å². The molecule has 0 saturated heterocycles. The van der Waals surface area contributed by atoms with Gasteiger partial charge in [-0.25, -0.2) is 5.84 Å². The highest BCUT2D eigenvalue weighted by molar-refractivity contribution is 5.94. The molecule has 5 nitrogen and oxygen atoms in total. The van der Waals surface area contributed by atoms with Gasteiger partial charge in [-0.2, -0.15) is 0 Å². The smallest absolute Gasteiger partial charge is 0.287 e. The lowest BCUT2D eigenvalue weighted by molar-refractivity contribution is 0.0944. The lowest BCUT2D eigenvalue weighted by atomic mass is 10.0. The van der Waals surface area contributed by atoms with Gasteiger partial charge in [0.05, 0.1) is 0 Å². The van der Waals surface area contributed by atoms with E-state index in [0.29, 0.717) is 5.76 Å². The molecule has 1 aromatic carbocycles. The van der Waals surface area contributed by atoms with Crippen molar-refractivity contribution in [2.75, 3.05) is 0 Å². The number of benzene rings is 1. The van der Waals surface area contributed by atoms with Crippen molar-refractivity contribution in [2.45, 2.75) is 19.8 Å². The van der Waals surface area contributed by atoms with Crippen molar-refractivity contribution in [1.82, 2.24) is 10.6 Å². The molecule has 2 rings (SSSR count). The average Bonchev–Trinajstić information content (AvgIpc) is 2.83. The zero-order chi connectivity index (χ0) is 13.0. The largest absolute Gasteiger partial charge is 0.355 e. The predicted octanol–water partition coefficient (Wildman–Crippen LogP) is 1.90. The zero-order valence-corrected chi connectivity index (χ0v) is 10.1. The van der Waals surface area contributed by atoms with E-state index in [4.69, 9.17) is 10.4 Å². The van der Waals surface area contributed by atoms with Gasteiger partial charge in [0.15, 0.2) is 11.5 Å². The Balaban J connectivity index is 2.48. The molecule has 0 fully saturated rings. The molecular formula is C13H15N3O2. The van der Waals surface area contributed by atoms with Crippen LogP contribution in [0.25, 0.3) is 11.3 Å². The van der Waals surface area contributed by atoms with E-state index >= 15 is 0 Å². The Morgan fingerprint density at radius 1 is 1.39 bits per heavy atom. The van der Waals surface area contributed by atoms with Crippen LogP contribution < -0.4 is 11.3 Å². The maximum absolute atomic E-state index is 11.6. The number of hydrazine groups is 1. The lowest BCUT2D eigenvalue weighted by Gasteiger charge is -2.01. The van der Waals surface area contributed by atoms with Crippen LogP contribution >= 0.6 is 0 Å². The second-order valence-corrected chi connectivity index (χ2v) is 3.93. The van der Waals surface area contributed by atoms with Crippen LogP contribution in [0.5, 0.6) is 0 Å². The standard InChI is InChI=1S/C13H15N3O2/c1-2-6-10-11(13(17)15-14)16-18-12(10)9-7-4-3-5-8-9/h3-5,7-8H,2,6,14H2,1H3,(H,15,17). The van der Waals surface area contributed by atoms with Gasteiger partial charge in [0, 0.05) is 11.1 Å². The van der Waals surface area contributed by atoms with E-state index in [9.17, 15) is 4.79 Å². The normalized spacial score (nSPS) is 10.3. The number of carbonyl (C=O) groups is 1. The summed E-state index contributed by atoms with van der Waals surface area (Å²) >= 11 is 0. The van der Waals surface area contributed by atoms with E-state index in [0.717, 1.165) is 24.0 Å². The summed E-state index contributed by atoms with van der Waals surface area (Å²) in [7, 11) is 0. The van der Waals surface area contributed by atoms with Crippen molar-refractivity contribution in [3.8, 4) is 11.3 Å². The minimum absolute atomic E-state index is 0.262. The van der Waals surface area contributed by atoms with Gasteiger partial charge in [-0.3, -0.25) is 10.2 Å². The first-order valence-electron chi connectivity index (χ1n) is 5.82. The molecule has 0 aliphatic rings. The van der Waals surface area contributed by atoms with E-state index in [1.807, 2.05) is 37.3 Å². The minimum atomic E-state index is -0.426. The molecule has 0 unspecified atom stereocenters. The highest BCUT2D eigenvalue weighted by Crippen LogP contribution is 2.27. The van der Waals surface area contributed by atoms with E-state index in [2.05, 4.69) is 10.6 Å². The molecule has 0 spiro atoms. The molecule has 94 valence electrons. The van der Waals surface area contributed by atoms with Crippen LogP contribution in [-0.4, -0.2) is 11.1 Å². The fraction of sp³-hybridized carbons (Fsp3) is 0.231. The first-order chi connectivity index (χ1) is 8.77. The molecule has 1 aromatic heterocycles. The molecule has 0 bridgehead atoms. The fourth-order valence-corrected chi connectivity index (χ4v) is 1.85. The van der Waals surface area contributed by atoms with Gasteiger partial charge in [0.2, 0.25) is 0 Å². The van der Waals surface area contributed by atoms with Gasteiger partial charge >= 0.3 is 0 Å². The van der Waals surface area contributed by atoms with E-state index in [-0.39, 0.29) is 5.69 Å². The third-order valence-corrected chi connectivity index (χ3v) is 2.67. The SMILES string of the molecule is CCCc1c(C(=O)NN)noc1-c1ccccc1. The Bertz CT molecular complexity index is 534. The van der Waals surface area contributed by atoms with Crippen molar-refractivity contribution in [1.29, 1.82) is 0 Å². The number of nitrogens with zero attached hydrogens (tertiary/aromatic N) is 1. The van der Waals surface area contributed by atoms with E-state index < -0.39 is 5.91 Å². The van der Waals surface area contributed by atoms with Crippen molar-refractivity contribution in [2.24, 2.45) is 5.84 Å². The third-order valence-electron chi connectivity index (χ3n) is 2.67. The summed E-state index contributed by atoms with van der Waals surface area (Å²) in [6, 6.07) is 9.59. The first kappa shape index (κ1) is 12.3. The van der Waals surface area contributed by atoms with Gasteiger partial charge in [0.25, 0.3) is 5.91 Å². The number of hydrogen-bond acceptors (Lipinski definition) is 4. The average molecular weight is 245 g/mol. The highest BCUT2D eigenvalue weighted by Gasteiger charge is 2.21. The molecule has 18 heavy (non-hydrogen) atoms. The van der Waals surface area contributed by atoms with Gasteiger partial charge in [-0.1, -0.05) is 48.8 Å². The molecule has 0 saturated carbocycles. The molecule has 2 aromatic rings. The molecule has 0 radical (unpaired) electrons. The van der Waals surface area contributed by atoms with Crippen LogP contribution in [0.15, 0.2) is 34.9 Å². The molecule has 5 heteroatoms. The molecule has 1 heterocycles. The monoisotopic (exact) mass is 245 g/mol. The lowest BCUT2D eigenvalue weighted by Crippen LogP contribution is -2.31. The first-order valence-corrected chi connectivity index (χ1v) is 5.82. The van der Waals surface area contributed by atoms with Crippen LogP contribution in [0.2, 0.25) is 0 Å². The van der Waals surface area contributed by atoms with Crippen LogP contribution in [0, 0.1) is 0 Å². The predicted molar refractivity (Wildman–Crippen MR) is 67.6 cm³/mol. The van der Waals surface area contributed by atoms with Crippen LogP contribution in [0.1, 0.15) is 29.4 Å². The Hall–Kier alpha value is -2.14. The van der Waals surface area contributed by atoms with E-state index in [1.165, 1.54) is 0 Å². The quantitative estimate of drug-likeness (QED) is 0.489. The third kappa shape index (κ3) is 2.26. The van der Waals surface area contributed by atoms with Gasteiger partial charge in [0.1, 0.15) is 0 Å². The van der Waals surface area contributed by atoms with Crippen LogP contribution in [0.3, 0.4) is 0 Å². The topological polar surface area (TPSA) is 81.2 Å². The number of carbonyl (C=O) groups excluding carboxylic acids is 1. The fourth-order valence-electron chi connectivity index (χ4n) is 1.85. The number of nitrogens with one attached hydrogen (secondary N) is 1. The molecule has 3 N–H and O–H groups in total. The second kappa shape index (κ2) is 5.46. The maximum Gasteiger partial charge on any atom is 0.287 e. The number of amides is 1. The van der Waals surface area contributed by atoms with Crippen LogP contribution in [-0.2, 0) is 6.42 Å². The Morgan fingerprint density at radius 3 is 2.72 bits per heavy atom. The van der Waals surface area contributed by atoms with Crippen LogP contribution in [0.4, 0.5) is 0 Å². The number of nitrogen functional groups attached to an aromatic ring is 1. The van der Waals surface area contributed by atoms with Gasteiger partial charge in [-0.15, -0.1) is 0 Å². The van der Waals surface area contributed by atoms with Gasteiger partial charge in [-0.05, 0) is 6.42 Å². The second-order valence-electron chi connectivity index (χ2n) is 3.93. The molecule has 0 aliphatic heterocycles. The van der Waals surface area contributed by atoms with E-state index in [1.54, 1.807) is 0 Å². The number of aromatic nitrogens is 1. The number of nitrogens with two attached hydrogens (primary N) is 1. The summed E-state index contributed by atoms with van der Waals surface area (Å²) in [6.07, 6.45) is 1.61. The number of rotatable bonds is 4. The Morgan fingerprint density at radius 2 is 2.11 bits per heavy atom.